The van der Waals surface area contributed by atoms with E-state index in [1.54, 1.807) is 23.2 Å². The topological polar surface area (TPSA) is 62.6 Å². The Kier molecular flexibility index (Phi) is 4.13. The molecule has 2 amide bonds. The van der Waals surface area contributed by atoms with Crippen LogP contribution >= 0.6 is 0 Å². The van der Waals surface area contributed by atoms with Gasteiger partial charge in [0.2, 0.25) is 11.8 Å². The fourth-order valence-electron chi connectivity index (χ4n) is 4.24. The van der Waals surface area contributed by atoms with Gasteiger partial charge in [0.05, 0.1) is 5.41 Å². The number of amides is 2. The highest BCUT2D eigenvalue weighted by atomic mass is 16.2. The van der Waals surface area contributed by atoms with Crippen molar-refractivity contribution in [1.29, 1.82) is 0 Å². The average Bonchev–Trinajstić information content (AvgIpc) is 3.32. The summed E-state index contributed by atoms with van der Waals surface area (Å²) in [6, 6.07) is 4.88. The smallest absolute Gasteiger partial charge is 0.250 e. The first-order valence-electron chi connectivity index (χ1n) is 9.30. The monoisotopic (exact) mass is 343 g/mol. The molecule has 3 aliphatic rings. The lowest BCUT2D eigenvalue weighted by Gasteiger charge is -2.39. The zero-order chi connectivity index (χ0) is 17.4. The second-order valence-electron chi connectivity index (χ2n) is 7.81. The van der Waals surface area contributed by atoms with Gasteiger partial charge in [0.15, 0.2) is 0 Å². The molecule has 1 aromatic rings. The number of nitrogens with zero attached hydrogens (tertiary/aromatic N) is 3. The third kappa shape index (κ3) is 3.22. The van der Waals surface area contributed by atoms with Crippen molar-refractivity contribution in [1.82, 2.24) is 14.4 Å². The minimum Gasteiger partial charge on any atom is -0.342 e. The van der Waals surface area contributed by atoms with Gasteiger partial charge in [-0.25, -0.2) is 0 Å². The molecule has 1 saturated carbocycles. The first kappa shape index (κ1) is 16.4. The number of carbonyl (C=O) groups is 2. The predicted molar refractivity (Wildman–Crippen MR) is 92.9 cm³/mol. The van der Waals surface area contributed by atoms with E-state index >= 15 is 0 Å². The predicted octanol–water partition coefficient (Wildman–Crippen LogP) is 1.10. The van der Waals surface area contributed by atoms with E-state index in [1.165, 1.54) is 23.5 Å². The molecule has 0 aromatic carbocycles. The number of likely N-dealkylation sites (tertiary alicyclic amines) is 2. The van der Waals surface area contributed by atoms with Gasteiger partial charge in [-0.2, -0.15) is 0 Å². The quantitative estimate of drug-likeness (QED) is 0.822. The van der Waals surface area contributed by atoms with Gasteiger partial charge in [-0.05, 0) is 44.1 Å². The lowest BCUT2D eigenvalue weighted by Crippen LogP contribution is -2.51. The standard InChI is InChI=1S/C19H25N3O3/c23-16-4-1-2-9-20(16)13-17(24)22-11-8-19(14-22)7-3-10-21(18(19)25)12-15-5-6-15/h1-2,4,9,15H,3,5-8,10-14H2/t19-/m0/s1. The Hall–Kier alpha value is -2.11. The fourth-order valence-corrected chi connectivity index (χ4v) is 4.24. The molecule has 134 valence electrons. The van der Waals surface area contributed by atoms with E-state index in [0.29, 0.717) is 19.0 Å². The van der Waals surface area contributed by atoms with Crippen molar-refractivity contribution < 1.29 is 9.59 Å². The van der Waals surface area contributed by atoms with E-state index in [0.717, 1.165) is 32.4 Å². The summed E-state index contributed by atoms with van der Waals surface area (Å²) in [5, 5.41) is 0. The highest BCUT2D eigenvalue weighted by molar-refractivity contribution is 5.86. The number of hydrogen-bond donors (Lipinski definition) is 0. The van der Waals surface area contributed by atoms with Crippen LogP contribution in [0.1, 0.15) is 32.1 Å². The van der Waals surface area contributed by atoms with Crippen LogP contribution in [0.25, 0.3) is 0 Å². The van der Waals surface area contributed by atoms with Gasteiger partial charge >= 0.3 is 0 Å². The Morgan fingerprint density at radius 3 is 2.76 bits per heavy atom. The van der Waals surface area contributed by atoms with E-state index in [-0.39, 0.29) is 29.3 Å². The number of piperidine rings is 1. The Morgan fingerprint density at radius 1 is 1.16 bits per heavy atom. The maximum atomic E-state index is 13.0. The zero-order valence-corrected chi connectivity index (χ0v) is 14.5. The van der Waals surface area contributed by atoms with Crippen LogP contribution in [-0.4, -0.2) is 52.4 Å². The second-order valence-corrected chi connectivity index (χ2v) is 7.81. The fraction of sp³-hybridized carbons (Fsp3) is 0.632. The van der Waals surface area contributed by atoms with Crippen molar-refractivity contribution in [3.63, 3.8) is 0 Å². The maximum Gasteiger partial charge on any atom is 0.250 e. The Balaban J connectivity index is 1.43. The molecule has 25 heavy (non-hydrogen) atoms. The van der Waals surface area contributed by atoms with Crippen LogP contribution in [0.3, 0.4) is 0 Å². The maximum absolute atomic E-state index is 13.0. The molecule has 2 saturated heterocycles. The summed E-state index contributed by atoms with van der Waals surface area (Å²) < 4.78 is 1.43. The average molecular weight is 343 g/mol. The van der Waals surface area contributed by atoms with Crippen LogP contribution < -0.4 is 5.56 Å². The zero-order valence-electron chi connectivity index (χ0n) is 14.5. The van der Waals surface area contributed by atoms with E-state index in [4.69, 9.17) is 0 Å². The summed E-state index contributed by atoms with van der Waals surface area (Å²) >= 11 is 0. The highest BCUT2D eigenvalue weighted by Gasteiger charge is 2.49. The molecule has 0 unspecified atom stereocenters. The molecule has 3 heterocycles. The van der Waals surface area contributed by atoms with E-state index in [9.17, 15) is 14.4 Å². The number of rotatable bonds is 4. The summed E-state index contributed by atoms with van der Waals surface area (Å²) in [6.45, 7) is 2.94. The summed E-state index contributed by atoms with van der Waals surface area (Å²) in [5.74, 6) is 0.873. The molecule has 6 heteroatoms. The van der Waals surface area contributed by atoms with Crippen LogP contribution in [0.15, 0.2) is 29.2 Å². The summed E-state index contributed by atoms with van der Waals surface area (Å²) in [7, 11) is 0. The summed E-state index contributed by atoms with van der Waals surface area (Å²) in [5.41, 5.74) is -0.557. The first-order valence-corrected chi connectivity index (χ1v) is 9.30. The van der Waals surface area contributed by atoms with Crippen LogP contribution in [0.4, 0.5) is 0 Å². The minimum absolute atomic E-state index is 0.0513. The van der Waals surface area contributed by atoms with E-state index in [2.05, 4.69) is 0 Å². The van der Waals surface area contributed by atoms with Gasteiger partial charge in [0, 0.05) is 38.4 Å². The molecule has 4 rings (SSSR count). The Morgan fingerprint density at radius 2 is 2.00 bits per heavy atom. The van der Waals surface area contributed by atoms with Gasteiger partial charge in [0.25, 0.3) is 5.56 Å². The largest absolute Gasteiger partial charge is 0.342 e. The van der Waals surface area contributed by atoms with Crippen LogP contribution in [0, 0.1) is 11.3 Å². The van der Waals surface area contributed by atoms with Crippen molar-refractivity contribution in [3.05, 3.63) is 34.7 Å². The molecule has 2 aliphatic heterocycles. The third-order valence-electron chi connectivity index (χ3n) is 5.91. The number of carbonyl (C=O) groups excluding carboxylic acids is 2. The molecule has 1 spiro atoms. The molecule has 1 aromatic heterocycles. The van der Waals surface area contributed by atoms with Crippen molar-refractivity contribution in [2.45, 2.75) is 38.6 Å². The molecular formula is C19H25N3O3. The normalized spacial score (nSPS) is 26.5. The van der Waals surface area contributed by atoms with E-state index < -0.39 is 0 Å². The highest BCUT2D eigenvalue weighted by Crippen LogP contribution is 2.41. The summed E-state index contributed by atoms with van der Waals surface area (Å²) in [6.07, 6.45) is 6.78. The molecular weight excluding hydrogens is 318 g/mol. The molecule has 0 radical (unpaired) electrons. The van der Waals surface area contributed by atoms with Crippen LogP contribution in [0.5, 0.6) is 0 Å². The third-order valence-corrected chi connectivity index (χ3v) is 5.91. The van der Waals surface area contributed by atoms with Gasteiger partial charge in [-0.15, -0.1) is 0 Å². The molecule has 0 N–H and O–H groups in total. The van der Waals surface area contributed by atoms with Crippen molar-refractivity contribution in [2.75, 3.05) is 26.2 Å². The Labute approximate surface area is 147 Å². The van der Waals surface area contributed by atoms with Crippen LogP contribution in [-0.2, 0) is 16.1 Å². The number of aromatic nitrogens is 1. The number of hydrogen-bond acceptors (Lipinski definition) is 3. The van der Waals surface area contributed by atoms with Crippen molar-refractivity contribution >= 4 is 11.8 Å². The molecule has 1 atom stereocenters. The van der Waals surface area contributed by atoms with Gasteiger partial charge in [-0.3, -0.25) is 14.4 Å². The molecule has 1 aliphatic carbocycles. The van der Waals surface area contributed by atoms with Gasteiger partial charge in [0.1, 0.15) is 6.54 Å². The molecule has 6 nitrogen and oxygen atoms in total. The summed E-state index contributed by atoms with van der Waals surface area (Å²) in [4.78, 5) is 41.3. The van der Waals surface area contributed by atoms with Gasteiger partial charge in [-0.1, -0.05) is 6.07 Å². The minimum atomic E-state index is -0.384. The number of pyridine rings is 1. The lowest BCUT2D eigenvalue weighted by atomic mass is 9.78. The lowest BCUT2D eigenvalue weighted by molar-refractivity contribution is -0.146. The SMILES string of the molecule is O=C(Cn1ccccc1=O)N1CC[C@@]2(CCCN(CC3CC3)C2=O)C1. The second kappa shape index (κ2) is 6.32. The molecule has 0 bridgehead atoms. The van der Waals surface area contributed by atoms with Crippen molar-refractivity contribution in [3.8, 4) is 0 Å². The van der Waals surface area contributed by atoms with E-state index in [1.807, 2.05) is 4.90 Å². The van der Waals surface area contributed by atoms with Gasteiger partial charge < -0.3 is 14.4 Å². The van der Waals surface area contributed by atoms with Crippen LogP contribution in [0.2, 0.25) is 0 Å². The first-order chi connectivity index (χ1) is 12.1. The molecule has 3 fully saturated rings. The van der Waals surface area contributed by atoms with Crippen molar-refractivity contribution in [2.24, 2.45) is 11.3 Å². The Bertz CT molecular complexity index is 739.